The highest BCUT2D eigenvalue weighted by Crippen LogP contribution is 2.35. The summed E-state index contributed by atoms with van der Waals surface area (Å²) in [6.07, 6.45) is 2.44. The molecule has 248 valence electrons. The van der Waals surface area contributed by atoms with Gasteiger partial charge in [0.1, 0.15) is 42.4 Å². The molecule has 0 bridgehead atoms. The van der Waals surface area contributed by atoms with Crippen LogP contribution in [0, 0.1) is 11.2 Å². The number of rotatable bonds is 12. The summed E-state index contributed by atoms with van der Waals surface area (Å²) in [6.45, 7) is 8.22. The number of benzene rings is 2. The molecule has 0 aliphatic carbocycles. The van der Waals surface area contributed by atoms with Crippen LogP contribution in [0.4, 0.5) is 21.6 Å². The van der Waals surface area contributed by atoms with Gasteiger partial charge in [0.15, 0.2) is 0 Å². The zero-order valence-electron chi connectivity index (χ0n) is 26.9. The number of carbonyl (C=O) groups is 3. The zero-order valence-corrected chi connectivity index (χ0v) is 27.6. The van der Waals surface area contributed by atoms with Gasteiger partial charge in [0.25, 0.3) is 0 Å². The Labute approximate surface area is 272 Å². The van der Waals surface area contributed by atoms with E-state index in [2.05, 4.69) is 31.2 Å². The highest BCUT2D eigenvalue weighted by molar-refractivity contribution is 6.31. The molecule has 46 heavy (non-hydrogen) atoms. The van der Waals surface area contributed by atoms with Gasteiger partial charge in [-0.15, -0.1) is 0 Å². The number of ether oxygens (including phenoxy) is 2. The van der Waals surface area contributed by atoms with Crippen molar-refractivity contribution >= 4 is 57.4 Å². The Morgan fingerprint density at radius 3 is 2.59 bits per heavy atom. The molecule has 0 radical (unpaired) electrons. The maximum atomic E-state index is 13.9. The van der Waals surface area contributed by atoms with Crippen LogP contribution in [0.15, 0.2) is 36.7 Å². The summed E-state index contributed by atoms with van der Waals surface area (Å²) in [5.74, 6) is -0.839. The van der Waals surface area contributed by atoms with Gasteiger partial charge < -0.3 is 35.6 Å². The van der Waals surface area contributed by atoms with Gasteiger partial charge in [0.2, 0.25) is 17.7 Å². The number of carbonyl (C=O) groups excluding carboxylic acids is 3. The number of halogens is 2. The second kappa shape index (κ2) is 15.0. The van der Waals surface area contributed by atoms with E-state index >= 15 is 0 Å². The van der Waals surface area contributed by atoms with E-state index in [1.807, 2.05) is 20.8 Å². The third-order valence-corrected chi connectivity index (χ3v) is 8.08. The van der Waals surface area contributed by atoms with Gasteiger partial charge in [0.05, 0.1) is 28.9 Å². The molecule has 3 atom stereocenters. The van der Waals surface area contributed by atoms with Gasteiger partial charge in [-0.1, -0.05) is 32.4 Å². The van der Waals surface area contributed by atoms with Gasteiger partial charge in [-0.25, -0.2) is 14.4 Å². The van der Waals surface area contributed by atoms with Gasteiger partial charge in [-0.3, -0.25) is 14.4 Å². The minimum absolute atomic E-state index is 0.0504. The Morgan fingerprint density at radius 2 is 1.91 bits per heavy atom. The Bertz CT molecular complexity index is 1580. The molecule has 1 saturated heterocycles. The number of nitrogens with zero attached hydrogens (tertiary/aromatic N) is 3. The average molecular weight is 658 g/mol. The molecule has 1 aliphatic rings. The summed E-state index contributed by atoms with van der Waals surface area (Å²) in [6, 6.07) is 5.45. The van der Waals surface area contributed by atoms with Crippen molar-refractivity contribution in [3.05, 3.63) is 47.5 Å². The number of likely N-dealkylation sites (tertiary alicyclic amines) is 1. The molecule has 12 nitrogen and oxygen atoms in total. The SMILES string of the molecule is CNC(C)C(=O)NC(C(=O)N1CCCC1C(=O)Nc1cc2c(Nc3ccc(F)c(Cl)c3)ncnc2cc1OCCOC)C(C)(C)C. The van der Waals surface area contributed by atoms with Gasteiger partial charge in [0, 0.05) is 30.8 Å². The molecule has 3 unspecified atom stereocenters. The van der Waals surface area contributed by atoms with E-state index in [9.17, 15) is 18.8 Å². The third kappa shape index (κ3) is 8.20. The predicted molar refractivity (Wildman–Crippen MR) is 175 cm³/mol. The number of likely N-dealkylation sites (N-methyl/N-ethyl adjacent to an activating group) is 1. The van der Waals surface area contributed by atoms with Gasteiger partial charge >= 0.3 is 0 Å². The predicted octanol–water partition coefficient (Wildman–Crippen LogP) is 4.26. The number of amides is 3. The number of fused-ring (bicyclic) bond motifs is 1. The van der Waals surface area contributed by atoms with Crippen molar-refractivity contribution in [2.75, 3.05) is 44.5 Å². The zero-order chi connectivity index (χ0) is 33.6. The van der Waals surface area contributed by atoms with Crippen LogP contribution >= 0.6 is 11.6 Å². The molecule has 1 aliphatic heterocycles. The Morgan fingerprint density at radius 1 is 1.15 bits per heavy atom. The number of hydrogen-bond acceptors (Lipinski definition) is 9. The first-order valence-corrected chi connectivity index (χ1v) is 15.4. The minimum atomic E-state index is -0.844. The molecule has 1 fully saturated rings. The maximum Gasteiger partial charge on any atom is 0.247 e. The number of anilines is 3. The highest BCUT2D eigenvalue weighted by atomic mass is 35.5. The summed E-state index contributed by atoms with van der Waals surface area (Å²) in [5.41, 5.74) is 0.754. The lowest BCUT2D eigenvalue weighted by atomic mass is 9.85. The lowest BCUT2D eigenvalue weighted by Gasteiger charge is -2.36. The standard InChI is InChI=1S/C32H41ClFN7O5/c1-18(35-5)29(42)40-27(32(2,3)4)31(44)41-11-7-8-25(41)30(43)39-24-15-20-23(16-26(24)46-13-12-45-6)36-17-37-28(20)38-19-9-10-22(34)21(33)14-19/h9-10,14-18,25,27,35H,7-8,11-13H2,1-6H3,(H,39,43)(H,40,42)(H,36,37,38). The summed E-state index contributed by atoms with van der Waals surface area (Å²) in [7, 11) is 3.22. The smallest absolute Gasteiger partial charge is 0.247 e. The van der Waals surface area contributed by atoms with Crippen LogP contribution < -0.4 is 26.0 Å². The first-order valence-electron chi connectivity index (χ1n) is 15.1. The van der Waals surface area contributed by atoms with E-state index in [0.717, 1.165) is 0 Å². The van der Waals surface area contributed by atoms with E-state index in [1.54, 1.807) is 33.2 Å². The second-order valence-electron chi connectivity index (χ2n) is 12.2. The normalized spacial score (nSPS) is 16.2. The summed E-state index contributed by atoms with van der Waals surface area (Å²) >= 11 is 5.97. The monoisotopic (exact) mass is 657 g/mol. The highest BCUT2D eigenvalue weighted by Gasteiger charge is 2.42. The third-order valence-electron chi connectivity index (χ3n) is 7.79. The topological polar surface area (TPSA) is 147 Å². The number of aromatic nitrogens is 2. The minimum Gasteiger partial charge on any atom is -0.489 e. The van der Waals surface area contributed by atoms with Crippen LogP contribution in [0.1, 0.15) is 40.5 Å². The van der Waals surface area contributed by atoms with Gasteiger partial charge in [-0.05, 0) is 56.5 Å². The van der Waals surface area contributed by atoms with Gasteiger partial charge in [-0.2, -0.15) is 0 Å². The van der Waals surface area contributed by atoms with Crippen molar-refractivity contribution in [3.63, 3.8) is 0 Å². The number of hydrogen-bond donors (Lipinski definition) is 4. The van der Waals surface area contributed by atoms with E-state index in [1.165, 1.54) is 29.4 Å². The summed E-state index contributed by atoms with van der Waals surface area (Å²) < 4.78 is 24.8. The van der Waals surface area contributed by atoms with Crippen LogP contribution in [-0.2, 0) is 19.1 Å². The molecule has 3 aromatic rings. The van der Waals surface area contributed by atoms with Crippen LogP contribution in [0.25, 0.3) is 10.9 Å². The fraction of sp³-hybridized carbons (Fsp3) is 0.469. The lowest BCUT2D eigenvalue weighted by Crippen LogP contribution is -2.59. The van der Waals surface area contributed by atoms with E-state index in [4.69, 9.17) is 21.1 Å². The fourth-order valence-electron chi connectivity index (χ4n) is 5.08. The van der Waals surface area contributed by atoms with Crippen LogP contribution in [0.3, 0.4) is 0 Å². The molecule has 0 spiro atoms. The average Bonchev–Trinajstić information content (AvgIpc) is 3.51. The van der Waals surface area contributed by atoms with Crippen molar-refractivity contribution < 1.29 is 28.2 Å². The van der Waals surface area contributed by atoms with E-state index in [0.29, 0.717) is 59.8 Å². The van der Waals surface area contributed by atoms with E-state index < -0.39 is 35.3 Å². The summed E-state index contributed by atoms with van der Waals surface area (Å²) in [4.78, 5) is 50.8. The van der Waals surface area contributed by atoms with E-state index in [-0.39, 0.29) is 23.4 Å². The molecular weight excluding hydrogens is 617 g/mol. The Hall–Kier alpha value is -4.07. The Kier molecular flexibility index (Phi) is 11.4. The first-order chi connectivity index (χ1) is 21.8. The largest absolute Gasteiger partial charge is 0.489 e. The molecule has 1 aromatic heterocycles. The van der Waals surface area contributed by atoms with Crippen molar-refractivity contribution in [3.8, 4) is 5.75 Å². The quantitative estimate of drug-likeness (QED) is 0.210. The molecule has 0 saturated carbocycles. The van der Waals surface area contributed by atoms with Crippen LogP contribution in [0.2, 0.25) is 5.02 Å². The molecular formula is C32H41ClFN7O5. The fourth-order valence-corrected chi connectivity index (χ4v) is 5.26. The Balaban J connectivity index is 1.64. The molecule has 4 rings (SSSR count). The molecule has 2 heterocycles. The van der Waals surface area contributed by atoms with Crippen LogP contribution in [-0.4, -0.2) is 84.6 Å². The maximum absolute atomic E-state index is 13.9. The summed E-state index contributed by atoms with van der Waals surface area (Å²) in [5, 5.41) is 12.4. The molecule has 4 N–H and O–H groups in total. The second-order valence-corrected chi connectivity index (χ2v) is 12.6. The molecule has 3 amide bonds. The molecule has 2 aromatic carbocycles. The lowest BCUT2D eigenvalue weighted by molar-refractivity contribution is -0.143. The van der Waals surface area contributed by atoms with Crippen molar-refractivity contribution in [1.29, 1.82) is 0 Å². The van der Waals surface area contributed by atoms with Crippen molar-refractivity contribution in [1.82, 2.24) is 25.5 Å². The first kappa shape index (κ1) is 34.8. The van der Waals surface area contributed by atoms with Crippen molar-refractivity contribution in [2.45, 2.75) is 58.7 Å². The number of nitrogens with one attached hydrogen (secondary N) is 4. The molecule has 14 heteroatoms. The van der Waals surface area contributed by atoms with Crippen LogP contribution in [0.5, 0.6) is 5.75 Å². The van der Waals surface area contributed by atoms with Crippen molar-refractivity contribution in [2.24, 2.45) is 5.41 Å². The number of methoxy groups -OCH3 is 1.